The van der Waals surface area contributed by atoms with Gasteiger partial charge in [-0.1, -0.05) is 12.1 Å². The van der Waals surface area contributed by atoms with Crippen molar-refractivity contribution in [2.24, 2.45) is 0 Å². The SMILES string of the molecule is CCOCCOc1ccc(CN2CCC[C@]2(C)C(=O)NCCO)cc1. The van der Waals surface area contributed by atoms with Gasteiger partial charge in [-0.2, -0.15) is 0 Å². The van der Waals surface area contributed by atoms with Crippen LogP contribution in [-0.2, 0) is 16.1 Å². The highest BCUT2D eigenvalue weighted by Crippen LogP contribution is 2.31. The summed E-state index contributed by atoms with van der Waals surface area (Å²) in [6, 6.07) is 8.00. The Balaban J connectivity index is 1.90. The Morgan fingerprint density at radius 2 is 2.08 bits per heavy atom. The van der Waals surface area contributed by atoms with Crippen molar-refractivity contribution in [3.63, 3.8) is 0 Å². The fourth-order valence-electron chi connectivity index (χ4n) is 3.16. The molecule has 0 radical (unpaired) electrons. The highest BCUT2D eigenvalue weighted by Gasteiger charge is 2.42. The van der Waals surface area contributed by atoms with Crippen LogP contribution >= 0.6 is 0 Å². The number of carbonyl (C=O) groups is 1. The first-order valence-corrected chi connectivity index (χ1v) is 9.04. The number of benzene rings is 1. The molecule has 1 amide bonds. The van der Waals surface area contributed by atoms with Crippen LogP contribution in [0.4, 0.5) is 0 Å². The Kier molecular flexibility index (Phi) is 7.68. The number of hydrogen-bond donors (Lipinski definition) is 2. The van der Waals surface area contributed by atoms with Gasteiger partial charge in [0.1, 0.15) is 12.4 Å². The van der Waals surface area contributed by atoms with Crippen molar-refractivity contribution >= 4 is 5.91 Å². The molecule has 6 nitrogen and oxygen atoms in total. The molecule has 1 aliphatic heterocycles. The van der Waals surface area contributed by atoms with Crippen molar-refractivity contribution in [1.82, 2.24) is 10.2 Å². The lowest BCUT2D eigenvalue weighted by atomic mass is 9.97. The van der Waals surface area contributed by atoms with Crippen molar-refractivity contribution in [2.45, 2.75) is 38.8 Å². The predicted octanol–water partition coefficient (Wildman–Crippen LogP) is 1.56. The van der Waals surface area contributed by atoms with Gasteiger partial charge in [-0.3, -0.25) is 9.69 Å². The molecule has 0 spiro atoms. The van der Waals surface area contributed by atoms with Crippen molar-refractivity contribution in [1.29, 1.82) is 0 Å². The second-order valence-corrected chi connectivity index (χ2v) is 6.47. The van der Waals surface area contributed by atoms with E-state index in [1.807, 2.05) is 38.1 Å². The number of nitrogens with zero attached hydrogens (tertiary/aromatic N) is 1. The number of nitrogens with one attached hydrogen (secondary N) is 1. The number of rotatable bonds is 10. The molecule has 0 bridgehead atoms. The maximum Gasteiger partial charge on any atom is 0.240 e. The fourth-order valence-corrected chi connectivity index (χ4v) is 3.16. The molecule has 1 aliphatic rings. The molecule has 0 saturated carbocycles. The van der Waals surface area contributed by atoms with Gasteiger partial charge < -0.3 is 19.9 Å². The van der Waals surface area contributed by atoms with Gasteiger partial charge in [0.15, 0.2) is 0 Å². The first-order chi connectivity index (χ1) is 12.1. The highest BCUT2D eigenvalue weighted by atomic mass is 16.5. The predicted molar refractivity (Wildman–Crippen MR) is 96.6 cm³/mol. The van der Waals surface area contributed by atoms with Crippen LogP contribution in [0.15, 0.2) is 24.3 Å². The number of amides is 1. The summed E-state index contributed by atoms with van der Waals surface area (Å²) in [6.07, 6.45) is 1.84. The van der Waals surface area contributed by atoms with E-state index in [-0.39, 0.29) is 12.5 Å². The lowest BCUT2D eigenvalue weighted by Crippen LogP contribution is -2.53. The van der Waals surface area contributed by atoms with E-state index in [4.69, 9.17) is 14.6 Å². The van der Waals surface area contributed by atoms with Crippen LogP contribution in [0.3, 0.4) is 0 Å². The van der Waals surface area contributed by atoms with Gasteiger partial charge >= 0.3 is 0 Å². The van der Waals surface area contributed by atoms with Crippen LogP contribution in [0.25, 0.3) is 0 Å². The van der Waals surface area contributed by atoms with Gasteiger partial charge in [-0.15, -0.1) is 0 Å². The second-order valence-electron chi connectivity index (χ2n) is 6.47. The Morgan fingerprint density at radius 3 is 2.76 bits per heavy atom. The minimum atomic E-state index is -0.512. The third kappa shape index (κ3) is 5.42. The van der Waals surface area contributed by atoms with Gasteiger partial charge in [-0.05, 0) is 50.9 Å². The number of carbonyl (C=O) groups excluding carboxylic acids is 1. The summed E-state index contributed by atoms with van der Waals surface area (Å²) >= 11 is 0. The van der Waals surface area contributed by atoms with E-state index in [0.29, 0.717) is 26.4 Å². The zero-order valence-corrected chi connectivity index (χ0v) is 15.3. The third-order valence-electron chi connectivity index (χ3n) is 4.67. The molecular weight excluding hydrogens is 320 g/mol. The van der Waals surface area contributed by atoms with E-state index < -0.39 is 5.54 Å². The molecule has 2 rings (SSSR count). The van der Waals surface area contributed by atoms with Gasteiger partial charge in [0.05, 0.1) is 18.8 Å². The van der Waals surface area contributed by atoms with Gasteiger partial charge in [0, 0.05) is 19.7 Å². The quantitative estimate of drug-likeness (QED) is 0.627. The molecule has 140 valence electrons. The monoisotopic (exact) mass is 350 g/mol. The van der Waals surface area contributed by atoms with Crippen molar-refractivity contribution in [3.05, 3.63) is 29.8 Å². The molecule has 0 aromatic heterocycles. The molecule has 1 atom stereocenters. The van der Waals surface area contributed by atoms with Crippen LogP contribution < -0.4 is 10.1 Å². The smallest absolute Gasteiger partial charge is 0.240 e. The minimum Gasteiger partial charge on any atom is -0.491 e. The molecule has 25 heavy (non-hydrogen) atoms. The molecular formula is C19H30N2O4. The number of ether oxygens (including phenoxy) is 2. The lowest BCUT2D eigenvalue weighted by molar-refractivity contribution is -0.131. The van der Waals surface area contributed by atoms with Gasteiger partial charge in [0.25, 0.3) is 0 Å². The average molecular weight is 350 g/mol. The van der Waals surface area contributed by atoms with E-state index in [2.05, 4.69) is 10.2 Å². The van der Waals surface area contributed by atoms with Crippen LogP contribution in [0.2, 0.25) is 0 Å². The first-order valence-electron chi connectivity index (χ1n) is 9.04. The Labute approximate surface area is 150 Å². The van der Waals surface area contributed by atoms with Crippen LogP contribution in [0.5, 0.6) is 5.75 Å². The molecule has 6 heteroatoms. The Morgan fingerprint density at radius 1 is 1.32 bits per heavy atom. The number of likely N-dealkylation sites (tertiary alicyclic amines) is 1. The minimum absolute atomic E-state index is 0.00470. The van der Waals surface area contributed by atoms with E-state index in [0.717, 1.165) is 37.2 Å². The fraction of sp³-hybridized carbons (Fsp3) is 0.632. The van der Waals surface area contributed by atoms with E-state index >= 15 is 0 Å². The maximum absolute atomic E-state index is 12.5. The van der Waals surface area contributed by atoms with Crippen molar-refractivity contribution in [2.75, 3.05) is 39.5 Å². The molecule has 0 aliphatic carbocycles. The first kappa shape index (κ1) is 19.7. The number of aliphatic hydroxyl groups is 1. The Bertz CT molecular complexity index is 535. The molecule has 1 saturated heterocycles. The summed E-state index contributed by atoms with van der Waals surface area (Å²) < 4.78 is 10.9. The molecule has 1 aromatic carbocycles. The molecule has 0 unspecified atom stereocenters. The van der Waals surface area contributed by atoms with E-state index in [9.17, 15) is 4.79 Å². The topological polar surface area (TPSA) is 71.0 Å². The van der Waals surface area contributed by atoms with Crippen molar-refractivity contribution in [3.8, 4) is 5.75 Å². The summed E-state index contributed by atoms with van der Waals surface area (Å²) in [5.41, 5.74) is 0.641. The normalized spacial score (nSPS) is 20.6. The third-order valence-corrected chi connectivity index (χ3v) is 4.67. The van der Waals surface area contributed by atoms with Crippen LogP contribution in [-0.4, -0.2) is 61.0 Å². The standard InChI is InChI=1S/C19H30N2O4/c1-3-24-13-14-25-17-7-5-16(6-8-17)15-21-11-4-9-19(21,2)18(23)20-10-12-22/h5-8,22H,3-4,9-15H2,1-2H3,(H,20,23)/t19-/m1/s1. The van der Waals surface area contributed by atoms with E-state index in [1.54, 1.807) is 0 Å². The highest BCUT2D eigenvalue weighted by molar-refractivity contribution is 5.86. The zero-order valence-electron chi connectivity index (χ0n) is 15.3. The summed E-state index contributed by atoms with van der Waals surface area (Å²) in [5, 5.41) is 11.7. The number of hydrogen-bond acceptors (Lipinski definition) is 5. The lowest BCUT2D eigenvalue weighted by Gasteiger charge is -2.34. The van der Waals surface area contributed by atoms with Crippen LogP contribution in [0.1, 0.15) is 32.3 Å². The summed E-state index contributed by atoms with van der Waals surface area (Å²) in [7, 11) is 0. The number of aliphatic hydroxyl groups excluding tert-OH is 1. The summed E-state index contributed by atoms with van der Waals surface area (Å²) in [6.45, 7) is 7.67. The van der Waals surface area contributed by atoms with Gasteiger partial charge in [-0.25, -0.2) is 0 Å². The summed E-state index contributed by atoms with van der Waals surface area (Å²) in [4.78, 5) is 14.7. The largest absolute Gasteiger partial charge is 0.491 e. The van der Waals surface area contributed by atoms with E-state index in [1.165, 1.54) is 0 Å². The molecule has 1 heterocycles. The zero-order chi connectivity index (χ0) is 18.1. The van der Waals surface area contributed by atoms with Crippen LogP contribution in [0, 0.1) is 0 Å². The molecule has 1 aromatic rings. The maximum atomic E-state index is 12.5. The molecule has 1 fully saturated rings. The van der Waals surface area contributed by atoms with Crippen molar-refractivity contribution < 1.29 is 19.4 Å². The summed E-state index contributed by atoms with van der Waals surface area (Å²) in [5.74, 6) is 0.822. The van der Waals surface area contributed by atoms with Gasteiger partial charge in [0.2, 0.25) is 5.91 Å². The average Bonchev–Trinajstić information content (AvgIpc) is 3.00. The Hall–Kier alpha value is -1.63. The second kappa shape index (κ2) is 9.75. The molecule has 2 N–H and O–H groups in total.